The molecule has 2 aliphatic heterocycles. The molecule has 0 spiro atoms. The lowest BCUT2D eigenvalue weighted by Crippen LogP contribution is -2.51. The minimum absolute atomic E-state index is 0.256. The molecule has 18 heavy (non-hydrogen) atoms. The fourth-order valence-electron chi connectivity index (χ4n) is 2.18. The van der Waals surface area contributed by atoms with Crippen LogP contribution < -0.4 is 0 Å². The van der Waals surface area contributed by atoms with Gasteiger partial charge in [0.25, 0.3) is 0 Å². The van der Waals surface area contributed by atoms with E-state index in [1.807, 2.05) is 13.8 Å². The molecule has 2 saturated heterocycles. The van der Waals surface area contributed by atoms with Crippen LogP contribution in [0.2, 0.25) is 0 Å². The van der Waals surface area contributed by atoms with Gasteiger partial charge in [-0.2, -0.15) is 0 Å². The molecule has 2 rings (SSSR count). The monoisotopic (exact) mass is 255 g/mol. The highest BCUT2D eigenvalue weighted by Gasteiger charge is 2.52. The minimum atomic E-state index is -0.734. The molecule has 100 valence electrons. The Morgan fingerprint density at radius 2 is 2.22 bits per heavy atom. The predicted octanol–water partition coefficient (Wildman–Crippen LogP) is 1.74. The topological polar surface area (TPSA) is 85.7 Å². The van der Waals surface area contributed by atoms with Gasteiger partial charge < -0.3 is 18.9 Å². The Balaban J connectivity index is 2.12. The molecule has 1 unspecified atom stereocenters. The predicted molar refractivity (Wildman–Crippen MR) is 62.6 cm³/mol. The van der Waals surface area contributed by atoms with Crippen LogP contribution in [0.25, 0.3) is 10.4 Å². The van der Waals surface area contributed by atoms with E-state index in [0.717, 1.165) is 0 Å². The fraction of sp³-hybridized carbons (Fsp3) is 0.818. The summed E-state index contributed by atoms with van der Waals surface area (Å²) in [5, 5.41) is 3.68. The van der Waals surface area contributed by atoms with Crippen molar-refractivity contribution in [3.05, 3.63) is 23.1 Å². The zero-order valence-electron chi connectivity index (χ0n) is 10.5. The third-order valence-electron chi connectivity index (χ3n) is 2.82. The number of azide groups is 1. The van der Waals surface area contributed by atoms with Gasteiger partial charge in [0.1, 0.15) is 12.2 Å². The third kappa shape index (κ3) is 2.66. The van der Waals surface area contributed by atoms with Crippen molar-refractivity contribution in [2.24, 2.45) is 5.11 Å². The molecular formula is C11H17N3O4. The summed E-state index contributed by atoms with van der Waals surface area (Å²) in [6.07, 6.45) is 0.363. The Labute approximate surface area is 105 Å². The minimum Gasteiger partial charge on any atom is -0.349 e. The van der Waals surface area contributed by atoms with E-state index in [4.69, 9.17) is 24.5 Å². The van der Waals surface area contributed by atoms with Crippen molar-refractivity contribution in [1.82, 2.24) is 0 Å². The molecule has 0 aliphatic carbocycles. The second kappa shape index (κ2) is 5.26. The second-order valence-electron chi connectivity index (χ2n) is 4.66. The summed E-state index contributed by atoms with van der Waals surface area (Å²) in [7, 11) is 0. The zero-order valence-corrected chi connectivity index (χ0v) is 10.5. The van der Waals surface area contributed by atoms with Gasteiger partial charge in [-0.1, -0.05) is 11.2 Å². The van der Waals surface area contributed by atoms with Crippen LogP contribution in [-0.4, -0.2) is 43.5 Å². The summed E-state index contributed by atoms with van der Waals surface area (Å²) in [6.45, 7) is 7.82. The standard InChI is InChI=1S/C11H17N3O4/c1-4-5-15-10-9-8(17-11(2,3)18-9)7(6-16-10)13-14-12/h4,7-10H,1,5-6H2,2-3H3/t7?,8-,9-,10-/m0/s1. The Morgan fingerprint density at radius 1 is 1.50 bits per heavy atom. The Morgan fingerprint density at radius 3 is 2.89 bits per heavy atom. The van der Waals surface area contributed by atoms with E-state index in [0.29, 0.717) is 6.61 Å². The molecule has 0 saturated carbocycles. The van der Waals surface area contributed by atoms with Gasteiger partial charge in [-0.15, -0.1) is 6.58 Å². The Hall–Kier alpha value is -1.11. The largest absolute Gasteiger partial charge is 0.349 e. The van der Waals surface area contributed by atoms with Gasteiger partial charge in [-0.05, 0) is 19.4 Å². The lowest BCUT2D eigenvalue weighted by Gasteiger charge is -2.34. The molecule has 0 aromatic heterocycles. The first-order valence-electron chi connectivity index (χ1n) is 5.81. The van der Waals surface area contributed by atoms with Crippen LogP contribution in [0, 0.1) is 0 Å². The van der Waals surface area contributed by atoms with Crippen molar-refractivity contribution in [3.8, 4) is 0 Å². The van der Waals surface area contributed by atoms with Gasteiger partial charge in [0.2, 0.25) is 0 Å². The van der Waals surface area contributed by atoms with E-state index in [9.17, 15) is 0 Å². The van der Waals surface area contributed by atoms with Gasteiger partial charge in [0, 0.05) is 4.91 Å². The molecule has 0 bridgehead atoms. The van der Waals surface area contributed by atoms with Gasteiger partial charge in [0.05, 0.1) is 19.3 Å². The van der Waals surface area contributed by atoms with Crippen LogP contribution in [0.15, 0.2) is 17.8 Å². The maximum absolute atomic E-state index is 8.54. The quantitative estimate of drug-likeness (QED) is 0.331. The van der Waals surface area contributed by atoms with E-state index >= 15 is 0 Å². The molecular weight excluding hydrogens is 238 g/mol. The SMILES string of the molecule is C=CCO[C@H]1OCC(N=[N+]=[N-])[C@@H]2OC(C)(C)O[C@H]12. The maximum Gasteiger partial charge on any atom is 0.186 e. The number of fused-ring (bicyclic) bond motifs is 1. The molecule has 7 heteroatoms. The van der Waals surface area contributed by atoms with Crippen molar-refractivity contribution in [1.29, 1.82) is 0 Å². The lowest BCUT2D eigenvalue weighted by atomic mass is 10.0. The van der Waals surface area contributed by atoms with Crippen molar-refractivity contribution in [2.45, 2.75) is 44.2 Å². The van der Waals surface area contributed by atoms with Gasteiger partial charge in [-0.25, -0.2) is 0 Å². The summed E-state index contributed by atoms with van der Waals surface area (Å²) in [5.74, 6) is -0.734. The van der Waals surface area contributed by atoms with Crippen molar-refractivity contribution in [2.75, 3.05) is 13.2 Å². The molecule has 0 N–H and O–H groups in total. The van der Waals surface area contributed by atoms with Crippen LogP contribution >= 0.6 is 0 Å². The second-order valence-corrected chi connectivity index (χ2v) is 4.66. The highest BCUT2D eigenvalue weighted by Crippen LogP contribution is 2.36. The normalized spacial score (nSPS) is 37.7. The van der Waals surface area contributed by atoms with Crippen LogP contribution in [0.3, 0.4) is 0 Å². The molecule has 4 atom stereocenters. The molecule has 0 aromatic rings. The van der Waals surface area contributed by atoms with Gasteiger partial charge in [-0.3, -0.25) is 0 Å². The molecule has 2 heterocycles. The number of ether oxygens (including phenoxy) is 4. The Bertz CT molecular complexity index is 367. The number of hydrogen-bond acceptors (Lipinski definition) is 5. The molecule has 0 aromatic carbocycles. The van der Waals surface area contributed by atoms with Crippen LogP contribution in [-0.2, 0) is 18.9 Å². The van der Waals surface area contributed by atoms with E-state index in [1.165, 1.54) is 0 Å². The summed E-state index contributed by atoms with van der Waals surface area (Å²) in [5.41, 5.74) is 8.54. The summed E-state index contributed by atoms with van der Waals surface area (Å²) in [6, 6.07) is -0.398. The summed E-state index contributed by atoms with van der Waals surface area (Å²) >= 11 is 0. The van der Waals surface area contributed by atoms with Gasteiger partial charge >= 0.3 is 0 Å². The first-order valence-corrected chi connectivity index (χ1v) is 5.81. The third-order valence-corrected chi connectivity index (χ3v) is 2.82. The molecule has 7 nitrogen and oxygen atoms in total. The highest BCUT2D eigenvalue weighted by atomic mass is 16.8. The number of nitrogens with zero attached hydrogens (tertiary/aromatic N) is 3. The number of hydrogen-bond donors (Lipinski definition) is 0. The van der Waals surface area contributed by atoms with E-state index in [2.05, 4.69) is 16.6 Å². The highest BCUT2D eigenvalue weighted by molar-refractivity contribution is 4.95. The average molecular weight is 255 g/mol. The molecule has 2 fully saturated rings. The fourth-order valence-corrected chi connectivity index (χ4v) is 2.18. The van der Waals surface area contributed by atoms with Crippen LogP contribution in [0.4, 0.5) is 0 Å². The van der Waals surface area contributed by atoms with Crippen molar-refractivity contribution in [3.63, 3.8) is 0 Å². The average Bonchev–Trinajstić information content (AvgIpc) is 2.64. The Kier molecular flexibility index (Phi) is 3.89. The van der Waals surface area contributed by atoms with Crippen molar-refractivity contribution < 1.29 is 18.9 Å². The van der Waals surface area contributed by atoms with Gasteiger partial charge in [0.15, 0.2) is 12.1 Å². The first-order chi connectivity index (χ1) is 8.57. The van der Waals surface area contributed by atoms with E-state index < -0.39 is 24.2 Å². The molecule has 0 amide bonds. The number of rotatable bonds is 4. The van der Waals surface area contributed by atoms with Crippen molar-refractivity contribution >= 4 is 0 Å². The zero-order chi connectivity index (χ0) is 13.2. The lowest BCUT2D eigenvalue weighted by molar-refractivity contribution is -0.228. The summed E-state index contributed by atoms with van der Waals surface area (Å²) in [4.78, 5) is 2.81. The van der Waals surface area contributed by atoms with Crippen LogP contribution in [0.1, 0.15) is 13.8 Å². The first kappa shape index (κ1) is 13.3. The van der Waals surface area contributed by atoms with E-state index in [1.54, 1.807) is 6.08 Å². The maximum atomic E-state index is 8.54. The summed E-state index contributed by atoms with van der Waals surface area (Å²) < 4.78 is 22.5. The molecule has 0 radical (unpaired) electrons. The molecule has 2 aliphatic rings. The van der Waals surface area contributed by atoms with E-state index in [-0.39, 0.29) is 12.7 Å². The van der Waals surface area contributed by atoms with Crippen LogP contribution in [0.5, 0.6) is 0 Å². The smallest absolute Gasteiger partial charge is 0.186 e.